The fourth-order valence-electron chi connectivity index (χ4n) is 3.15. The van der Waals surface area contributed by atoms with Crippen LogP contribution in [0.15, 0.2) is 24.3 Å². The highest BCUT2D eigenvalue weighted by molar-refractivity contribution is 5.29. The molecule has 2 atom stereocenters. The van der Waals surface area contributed by atoms with Crippen LogP contribution in [0.1, 0.15) is 43.4 Å². The minimum absolute atomic E-state index is 0.403. The first kappa shape index (κ1) is 13.6. The molecule has 1 aromatic carbocycles. The molecule has 1 fully saturated rings. The molecule has 0 spiro atoms. The lowest BCUT2D eigenvalue weighted by molar-refractivity contribution is 0.124. The Bertz CT molecular complexity index is 375. The van der Waals surface area contributed by atoms with Crippen molar-refractivity contribution in [1.29, 1.82) is 0 Å². The van der Waals surface area contributed by atoms with Crippen molar-refractivity contribution in [1.82, 2.24) is 4.90 Å². The van der Waals surface area contributed by atoms with Crippen LogP contribution in [0.3, 0.4) is 0 Å². The zero-order chi connectivity index (χ0) is 13.0. The van der Waals surface area contributed by atoms with Gasteiger partial charge in [0.05, 0.1) is 0 Å². The van der Waals surface area contributed by atoms with Gasteiger partial charge in [-0.2, -0.15) is 0 Å². The second-order valence-electron chi connectivity index (χ2n) is 5.52. The lowest BCUT2D eigenvalue weighted by atomic mass is 9.92. The number of rotatable bonds is 4. The third kappa shape index (κ3) is 2.93. The molecule has 0 radical (unpaired) electrons. The van der Waals surface area contributed by atoms with Crippen LogP contribution < -0.4 is 5.73 Å². The summed E-state index contributed by atoms with van der Waals surface area (Å²) in [5, 5.41) is 0. The molecule has 1 aliphatic heterocycles. The van der Waals surface area contributed by atoms with E-state index >= 15 is 0 Å². The van der Waals surface area contributed by atoms with Gasteiger partial charge in [-0.15, -0.1) is 0 Å². The fourth-order valence-corrected chi connectivity index (χ4v) is 3.15. The number of nitrogens with zero attached hydrogens (tertiary/aromatic N) is 1. The largest absolute Gasteiger partial charge is 0.329 e. The molecule has 1 heterocycles. The number of benzene rings is 1. The maximum atomic E-state index is 6.05. The number of hydrogen-bond acceptors (Lipinski definition) is 2. The Kier molecular flexibility index (Phi) is 4.79. The van der Waals surface area contributed by atoms with E-state index in [4.69, 9.17) is 5.73 Å². The Labute approximate surface area is 111 Å². The van der Waals surface area contributed by atoms with Gasteiger partial charge in [0.25, 0.3) is 0 Å². The third-order valence-electron chi connectivity index (χ3n) is 4.34. The summed E-state index contributed by atoms with van der Waals surface area (Å²) in [6.45, 7) is 7.64. The number of piperidine rings is 1. The van der Waals surface area contributed by atoms with Crippen LogP contribution in [-0.2, 0) is 0 Å². The van der Waals surface area contributed by atoms with Crippen molar-refractivity contribution in [2.75, 3.05) is 19.6 Å². The molecule has 0 saturated carbocycles. The van der Waals surface area contributed by atoms with Gasteiger partial charge in [-0.25, -0.2) is 0 Å². The van der Waals surface area contributed by atoms with Crippen LogP contribution in [0.5, 0.6) is 0 Å². The summed E-state index contributed by atoms with van der Waals surface area (Å²) in [6.07, 6.45) is 4.00. The van der Waals surface area contributed by atoms with Gasteiger partial charge in [-0.3, -0.25) is 4.90 Å². The van der Waals surface area contributed by atoms with Crippen molar-refractivity contribution in [3.05, 3.63) is 35.4 Å². The molecule has 0 amide bonds. The summed E-state index contributed by atoms with van der Waals surface area (Å²) < 4.78 is 0. The number of likely N-dealkylation sites (tertiary alicyclic amines) is 1. The predicted molar refractivity (Wildman–Crippen MR) is 77.6 cm³/mol. The summed E-state index contributed by atoms with van der Waals surface area (Å²) in [6, 6.07) is 9.08. The molecule has 2 unspecified atom stereocenters. The SMILES string of the molecule is CCC1CCCN(C(CN)c2ccccc2C)C1. The van der Waals surface area contributed by atoms with Crippen LogP contribution in [0.2, 0.25) is 0 Å². The van der Waals surface area contributed by atoms with E-state index in [1.165, 1.54) is 43.5 Å². The second-order valence-corrected chi connectivity index (χ2v) is 5.52. The zero-order valence-electron chi connectivity index (χ0n) is 11.7. The Morgan fingerprint density at radius 2 is 2.17 bits per heavy atom. The van der Waals surface area contributed by atoms with Crippen molar-refractivity contribution in [2.45, 2.75) is 39.2 Å². The summed E-state index contributed by atoms with van der Waals surface area (Å²) in [4.78, 5) is 2.60. The first-order valence-electron chi connectivity index (χ1n) is 7.26. The Balaban J connectivity index is 2.15. The van der Waals surface area contributed by atoms with Gasteiger partial charge >= 0.3 is 0 Å². The van der Waals surface area contributed by atoms with Crippen molar-refractivity contribution >= 4 is 0 Å². The molecule has 100 valence electrons. The van der Waals surface area contributed by atoms with Gasteiger partial charge in [0.2, 0.25) is 0 Å². The van der Waals surface area contributed by atoms with Crippen LogP contribution in [0.4, 0.5) is 0 Å². The average Bonchev–Trinajstić information content (AvgIpc) is 2.42. The normalized spacial score (nSPS) is 22.9. The Morgan fingerprint density at radius 3 is 2.83 bits per heavy atom. The molecule has 2 nitrogen and oxygen atoms in total. The summed E-state index contributed by atoms with van der Waals surface area (Å²) in [5.74, 6) is 0.858. The van der Waals surface area contributed by atoms with Crippen LogP contribution in [-0.4, -0.2) is 24.5 Å². The van der Waals surface area contributed by atoms with Crippen LogP contribution in [0.25, 0.3) is 0 Å². The molecular formula is C16H26N2. The van der Waals surface area contributed by atoms with Crippen LogP contribution in [0, 0.1) is 12.8 Å². The highest BCUT2D eigenvalue weighted by Crippen LogP contribution is 2.29. The minimum atomic E-state index is 0.403. The molecule has 0 aromatic heterocycles. The van der Waals surface area contributed by atoms with Crippen molar-refractivity contribution < 1.29 is 0 Å². The van der Waals surface area contributed by atoms with Crippen molar-refractivity contribution in [3.63, 3.8) is 0 Å². The van der Waals surface area contributed by atoms with E-state index in [0.29, 0.717) is 6.04 Å². The fraction of sp³-hybridized carbons (Fsp3) is 0.625. The quantitative estimate of drug-likeness (QED) is 0.884. The van der Waals surface area contributed by atoms with Crippen molar-refractivity contribution in [2.24, 2.45) is 11.7 Å². The monoisotopic (exact) mass is 246 g/mol. The highest BCUT2D eigenvalue weighted by Gasteiger charge is 2.25. The van der Waals surface area contributed by atoms with E-state index in [-0.39, 0.29) is 0 Å². The first-order chi connectivity index (χ1) is 8.76. The van der Waals surface area contributed by atoms with Gasteiger partial charge in [-0.05, 0) is 43.4 Å². The lowest BCUT2D eigenvalue weighted by Crippen LogP contribution is -2.41. The first-order valence-corrected chi connectivity index (χ1v) is 7.26. The number of nitrogens with two attached hydrogens (primary N) is 1. The van der Waals surface area contributed by atoms with E-state index in [0.717, 1.165) is 12.5 Å². The summed E-state index contributed by atoms with van der Waals surface area (Å²) >= 11 is 0. The maximum Gasteiger partial charge on any atom is 0.0473 e. The molecular weight excluding hydrogens is 220 g/mol. The van der Waals surface area contributed by atoms with Gasteiger partial charge < -0.3 is 5.73 Å². The van der Waals surface area contributed by atoms with Gasteiger partial charge in [-0.1, -0.05) is 37.6 Å². The molecule has 2 rings (SSSR count). The third-order valence-corrected chi connectivity index (χ3v) is 4.34. The standard InChI is InChI=1S/C16H26N2/c1-3-14-8-6-10-18(12-14)16(11-17)15-9-5-4-7-13(15)2/h4-5,7,9,14,16H,3,6,8,10-12,17H2,1-2H3. The molecule has 18 heavy (non-hydrogen) atoms. The summed E-state index contributed by atoms with van der Waals surface area (Å²) in [5.41, 5.74) is 8.83. The zero-order valence-corrected chi connectivity index (χ0v) is 11.7. The molecule has 1 saturated heterocycles. The summed E-state index contributed by atoms with van der Waals surface area (Å²) in [7, 11) is 0. The van der Waals surface area contributed by atoms with Gasteiger partial charge in [0.1, 0.15) is 0 Å². The smallest absolute Gasteiger partial charge is 0.0473 e. The van der Waals surface area contributed by atoms with E-state index in [9.17, 15) is 0 Å². The molecule has 2 N–H and O–H groups in total. The van der Waals surface area contributed by atoms with E-state index < -0.39 is 0 Å². The number of aryl methyl sites for hydroxylation is 1. The Morgan fingerprint density at radius 1 is 1.39 bits per heavy atom. The van der Waals surface area contributed by atoms with E-state index in [1.54, 1.807) is 0 Å². The predicted octanol–water partition coefficient (Wildman–Crippen LogP) is 3.12. The highest BCUT2D eigenvalue weighted by atomic mass is 15.2. The maximum absolute atomic E-state index is 6.05. The van der Waals surface area contributed by atoms with Gasteiger partial charge in [0, 0.05) is 19.1 Å². The van der Waals surface area contributed by atoms with Gasteiger partial charge in [0.15, 0.2) is 0 Å². The molecule has 2 heteroatoms. The molecule has 0 bridgehead atoms. The molecule has 1 aliphatic rings. The Hall–Kier alpha value is -0.860. The molecule has 0 aliphatic carbocycles. The second kappa shape index (κ2) is 6.35. The van der Waals surface area contributed by atoms with Crippen molar-refractivity contribution in [3.8, 4) is 0 Å². The van der Waals surface area contributed by atoms with E-state index in [2.05, 4.69) is 43.0 Å². The number of hydrogen-bond donors (Lipinski definition) is 1. The van der Waals surface area contributed by atoms with E-state index in [1.807, 2.05) is 0 Å². The topological polar surface area (TPSA) is 29.3 Å². The average molecular weight is 246 g/mol. The lowest BCUT2D eigenvalue weighted by Gasteiger charge is -2.38. The minimum Gasteiger partial charge on any atom is -0.329 e. The molecule has 1 aromatic rings. The van der Waals surface area contributed by atoms with Crippen LogP contribution >= 0.6 is 0 Å².